The zero-order valence-corrected chi connectivity index (χ0v) is 11.1. The molecule has 1 unspecified atom stereocenters. The monoisotopic (exact) mass is 264 g/mol. The van der Waals surface area contributed by atoms with Crippen LogP contribution in [0, 0.1) is 0 Å². The summed E-state index contributed by atoms with van der Waals surface area (Å²) in [6, 6.07) is 3.33. The lowest BCUT2D eigenvalue weighted by molar-refractivity contribution is 0.0437. The third-order valence-corrected chi connectivity index (χ3v) is 3.50. The summed E-state index contributed by atoms with van der Waals surface area (Å²) in [7, 11) is 0. The minimum atomic E-state index is -0.677. The first-order chi connectivity index (χ1) is 9.02. The van der Waals surface area contributed by atoms with Gasteiger partial charge in [0, 0.05) is 19.3 Å². The number of likely N-dealkylation sites (tertiary alicyclic amines) is 1. The van der Waals surface area contributed by atoms with Crippen molar-refractivity contribution in [2.75, 3.05) is 18.5 Å². The molecule has 1 aromatic heterocycles. The fourth-order valence-corrected chi connectivity index (χ4v) is 2.27. The van der Waals surface area contributed by atoms with E-state index in [9.17, 15) is 9.90 Å². The first-order valence-corrected chi connectivity index (χ1v) is 6.46. The summed E-state index contributed by atoms with van der Waals surface area (Å²) in [5.74, 6) is 5.21. The molecular formula is C13H20N4O2. The van der Waals surface area contributed by atoms with Gasteiger partial charge in [-0.2, -0.15) is 0 Å². The van der Waals surface area contributed by atoms with Crippen molar-refractivity contribution in [3.8, 4) is 0 Å². The van der Waals surface area contributed by atoms with Crippen molar-refractivity contribution in [3.63, 3.8) is 0 Å². The molecule has 6 nitrogen and oxygen atoms in total. The molecule has 0 bridgehead atoms. The van der Waals surface area contributed by atoms with Crippen LogP contribution in [-0.2, 0) is 0 Å². The molecule has 6 heteroatoms. The molecule has 1 aromatic rings. The van der Waals surface area contributed by atoms with Crippen molar-refractivity contribution >= 4 is 11.6 Å². The Labute approximate surface area is 112 Å². The van der Waals surface area contributed by atoms with Gasteiger partial charge in [0.1, 0.15) is 5.69 Å². The number of aliphatic hydroxyl groups is 1. The normalized spacial score (nSPS) is 23.8. The van der Waals surface area contributed by atoms with Crippen molar-refractivity contribution in [3.05, 3.63) is 24.0 Å². The Balaban J connectivity index is 2.10. The molecule has 1 atom stereocenters. The van der Waals surface area contributed by atoms with Gasteiger partial charge in [-0.15, -0.1) is 0 Å². The molecule has 4 N–H and O–H groups in total. The Bertz CT molecular complexity index is 462. The molecular weight excluding hydrogens is 244 g/mol. The molecule has 0 aliphatic carbocycles. The minimum Gasteiger partial charge on any atom is -0.390 e. The van der Waals surface area contributed by atoms with E-state index in [0.717, 1.165) is 6.42 Å². The Morgan fingerprint density at radius 2 is 2.32 bits per heavy atom. The van der Waals surface area contributed by atoms with E-state index in [1.165, 1.54) is 0 Å². The standard InChI is InChI=1S/C13H20N4O2/c1-13(19)4-2-7-17(8-5-13)12(18)11-9-10(16-14)3-6-15-11/h3,6,9,19H,2,4-5,7-8,14H2,1H3,(H,15,16). The molecule has 0 aromatic carbocycles. The maximum atomic E-state index is 12.3. The molecule has 0 saturated carbocycles. The van der Waals surface area contributed by atoms with Crippen LogP contribution in [0.3, 0.4) is 0 Å². The molecule has 1 fully saturated rings. The number of pyridine rings is 1. The predicted octanol–water partition coefficient (Wildman–Crippen LogP) is 0.744. The topological polar surface area (TPSA) is 91.5 Å². The van der Waals surface area contributed by atoms with Gasteiger partial charge >= 0.3 is 0 Å². The second-order valence-electron chi connectivity index (χ2n) is 5.22. The van der Waals surface area contributed by atoms with Crippen LogP contribution < -0.4 is 11.3 Å². The molecule has 1 aliphatic heterocycles. The van der Waals surface area contributed by atoms with Gasteiger partial charge in [0.15, 0.2) is 0 Å². The summed E-state index contributed by atoms with van der Waals surface area (Å²) in [6.07, 6.45) is 3.66. The molecule has 1 amide bonds. The molecule has 0 spiro atoms. The minimum absolute atomic E-state index is 0.116. The number of carbonyl (C=O) groups is 1. The molecule has 0 radical (unpaired) electrons. The van der Waals surface area contributed by atoms with Gasteiger partial charge in [-0.1, -0.05) is 0 Å². The fraction of sp³-hybridized carbons (Fsp3) is 0.538. The summed E-state index contributed by atoms with van der Waals surface area (Å²) in [4.78, 5) is 18.2. The van der Waals surface area contributed by atoms with Crippen LogP contribution in [0.1, 0.15) is 36.7 Å². The lowest BCUT2D eigenvalue weighted by Gasteiger charge is -2.22. The van der Waals surface area contributed by atoms with Crippen LogP contribution in [0.15, 0.2) is 18.3 Å². The maximum Gasteiger partial charge on any atom is 0.272 e. The van der Waals surface area contributed by atoms with E-state index in [2.05, 4.69) is 10.4 Å². The zero-order valence-electron chi connectivity index (χ0n) is 11.1. The van der Waals surface area contributed by atoms with E-state index in [1.54, 1.807) is 23.2 Å². The largest absolute Gasteiger partial charge is 0.390 e. The summed E-state index contributed by atoms with van der Waals surface area (Å²) < 4.78 is 0. The molecule has 1 aliphatic rings. The SMILES string of the molecule is CC1(O)CCCN(C(=O)c2cc(NN)ccn2)CC1. The van der Waals surface area contributed by atoms with Crippen LogP contribution >= 0.6 is 0 Å². The van der Waals surface area contributed by atoms with Crippen LogP contribution in [0.25, 0.3) is 0 Å². The van der Waals surface area contributed by atoms with Crippen molar-refractivity contribution in [1.82, 2.24) is 9.88 Å². The Morgan fingerprint density at radius 3 is 3.05 bits per heavy atom. The summed E-state index contributed by atoms with van der Waals surface area (Å²) in [5, 5.41) is 10.0. The molecule has 104 valence electrons. The second kappa shape index (κ2) is 5.54. The zero-order chi connectivity index (χ0) is 13.9. The van der Waals surface area contributed by atoms with Gasteiger partial charge in [0.2, 0.25) is 0 Å². The first kappa shape index (κ1) is 13.8. The van der Waals surface area contributed by atoms with Gasteiger partial charge in [0.05, 0.1) is 11.3 Å². The Kier molecular flexibility index (Phi) is 4.01. The fourth-order valence-electron chi connectivity index (χ4n) is 2.27. The van der Waals surface area contributed by atoms with E-state index in [1.807, 2.05) is 6.92 Å². The second-order valence-corrected chi connectivity index (χ2v) is 5.22. The average molecular weight is 264 g/mol. The Hall–Kier alpha value is -1.66. The van der Waals surface area contributed by atoms with Gasteiger partial charge < -0.3 is 15.4 Å². The van der Waals surface area contributed by atoms with E-state index >= 15 is 0 Å². The highest BCUT2D eigenvalue weighted by Gasteiger charge is 2.27. The lowest BCUT2D eigenvalue weighted by Crippen LogP contribution is -2.34. The average Bonchev–Trinajstić information content (AvgIpc) is 2.59. The Morgan fingerprint density at radius 1 is 1.53 bits per heavy atom. The van der Waals surface area contributed by atoms with Crippen molar-refractivity contribution in [2.45, 2.75) is 31.8 Å². The number of nitrogens with zero attached hydrogens (tertiary/aromatic N) is 2. The van der Waals surface area contributed by atoms with Gasteiger partial charge in [-0.3, -0.25) is 15.6 Å². The smallest absolute Gasteiger partial charge is 0.272 e. The number of carbonyl (C=O) groups excluding carboxylic acids is 1. The van der Waals surface area contributed by atoms with Gasteiger partial charge in [-0.25, -0.2) is 0 Å². The van der Waals surface area contributed by atoms with E-state index in [0.29, 0.717) is 37.3 Å². The van der Waals surface area contributed by atoms with Crippen molar-refractivity contribution in [1.29, 1.82) is 0 Å². The highest BCUT2D eigenvalue weighted by molar-refractivity contribution is 5.93. The number of amides is 1. The first-order valence-electron chi connectivity index (χ1n) is 6.46. The highest BCUT2D eigenvalue weighted by atomic mass is 16.3. The number of hydrazine groups is 1. The van der Waals surface area contributed by atoms with E-state index < -0.39 is 5.60 Å². The number of anilines is 1. The van der Waals surface area contributed by atoms with Crippen molar-refractivity contribution < 1.29 is 9.90 Å². The number of hydrogen-bond acceptors (Lipinski definition) is 5. The molecule has 2 rings (SSSR count). The van der Waals surface area contributed by atoms with E-state index in [-0.39, 0.29) is 5.91 Å². The quantitative estimate of drug-likeness (QED) is 0.541. The van der Waals surface area contributed by atoms with Crippen LogP contribution in [-0.4, -0.2) is 39.6 Å². The number of nitrogens with one attached hydrogen (secondary N) is 1. The molecule has 19 heavy (non-hydrogen) atoms. The number of aromatic nitrogens is 1. The number of rotatable bonds is 2. The summed E-state index contributed by atoms with van der Waals surface area (Å²) in [5.41, 5.74) is 2.85. The number of nitrogen functional groups attached to an aromatic ring is 1. The van der Waals surface area contributed by atoms with Crippen LogP contribution in [0.5, 0.6) is 0 Å². The predicted molar refractivity (Wildman–Crippen MR) is 72.4 cm³/mol. The van der Waals surface area contributed by atoms with Crippen LogP contribution in [0.2, 0.25) is 0 Å². The highest BCUT2D eigenvalue weighted by Crippen LogP contribution is 2.22. The van der Waals surface area contributed by atoms with Gasteiger partial charge in [-0.05, 0) is 38.3 Å². The number of hydrogen-bond donors (Lipinski definition) is 3. The molecule has 1 saturated heterocycles. The van der Waals surface area contributed by atoms with E-state index in [4.69, 9.17) is 5.84 Å². The lowest BCUT2D eigenvalue weighted by atomic mass is 9.98. The van der Waals surface area contributed by atoms with Gasteiger partial charge in [0.25, 0.3) is 5.91 Å². The summed E-state index contributed by atoms with van der Waals surface area (Å²) in [6.45, 7) is 3.02. The summed E-state index contributed by atoms with van der Waals surface area (Å²) >= 11 is 0. The van der Waals surface area contributed by atoms with Crippen molar-refractivity contribution in [2.24, 2.45) is 5.84 Å². The third-order valence-electron chi connectivity index (χ3n) is 3.50. The third kappa shape index (κ3) is 3.42. The molecule has 2 heterocycles. The van der Waals surface area contributed by atoms with Crippen LogP contribution in [0.4, 0.5) is 5.69 Å². The maximum absolute atomic E-state index is 12.3. The number of nitrogens with two attached hydrogens (primary N) is 1.